The summed E-state index contributed by atoms with van der Waals surface area (Å²) in [7, 11) is 1.64. The van der Waals surface area contributed by atoms with Crippen molar-refractivity contribution < 1.29 is 9.47 Å². The smallest absolute Gasteiger partial charge is 0.156 e. The van der Waals surface area contributed by atoms with E-state index < -0.39 is 0 Å². The van der Waals surface area contributed by atoms with Crippen LogP contribution in [0.3, 0.4) is 0 Å². The number of ether oxygens (including phenoxy) is 2. The molecule has 1 aromatic rings. The summed E-state index contributed by atoms with van der Waals surface area (Å²) in [6.07, 6.45) is 7.11. The number of methoxy groups -OCH3 is 1. The van der Waals surface area contributed by atoms with Crippen molar-refractivity contribution in [2.24, 2.45) is 0 Å². The van der Waals surface area contributed by atoms with E-state index >= 15 is 0 Å². The maximum atomic E-state index is 5.57. The molecule has 0 N–H and O–H groups in total. The third-order valence-corrected chi connectivity index (χ3v) is 2.26. The topological polar surface area (TPSA) is 36.3 Å². The first kappa shape index (κ1) is 8.56. The molecule has 1 aliphatic heterocycles. The van der Waals surface area contributed by atoms with Crippen LogP contribution in [0.4, 0.5) is 0 Å². The molecule has 1 saturated heterocycles. The molecule has 0 amide bonds. The van der Waals surface area contributed by atoms with E-state index in [1.807, 2.05) is 10.9 Å². The molecule has 1 atom stereocenters. The molecule has 2 rings (SSSR count). The van der Waals surface area contributed by atoms with Crippen LogP contribution in [0.5, 0.6) is 5.75 Å². The average molecular weight is 182 g/mol. The van der Waals surface area contributed by atoms with Crippen LogP contribution in [0.1, 0.15) is 25.5 Å². The number of rotatable bonds is 2. The Balaban J connectivity index is 2.05. The molecule has 0 aliphatic carbocycles. The zero-order valence-corrected chi connectivity index (χ0v) is 7.77. The lowest BCUT2D eigenvalue weighted by atomic mass is 10.2. The van der Waals surface area contributed by atoms with Crippen molar-refractivity contribution in [2.75, 3.05) is 13.7 Å². The highest BCUT2D eigenvalue weighted by Crippen LogP contribution is 2.23. The van der Waals surface area contributed by atoms with E-state index in [-0.39, 0.29) is 6.23 Å². The van der Waals surface area contributed by atoms with Crippen molar-refractivity contribution in [3.8, 4) is 5.75 Å². The van der Waals surface area contributed by atoms with E-state index in [0.717, 1.165) is 25.2 Å². The average Bonchev–Trinajstić information content (AvgIpc) is 2.67. The maximum Gasteiger partial charge on any atom is 0.156 e. The van der Waals surface area contributed by atoms with Crippen molar-refractivity contribution in [1.82, 2.24) is 9.78 Å². The zero-order chi connectivity index (χ0) is 9.10. The summed E-state index contributed by atoms with van der Waals surface area (Å²) in [6.45, 7) is 0.840. The standard InChI is InChI=1S/C9H14N2O2/c1-12-8-6-10-11(7-8)9-4-2-3-5-13-9/h6-7,9H,2-5H2,1H3. The minimum Gasteiger partial charge on any atom is -0.493 e. The van der Waals surface area contributed by atoms with E-state index in [9.17, 15) is 0 Å². The minimum absolute atomic E-state index is 0.109. The second-order valence-electron chi connectivity index (χ2n) is 3.18. The van der Waals surface area contributed by atoms with Gasteiger partial charge in [-0.2, -0.15) is 5.10 Å². The molecule has 4 heteroatoms. The van der Waals surface area contributed by atoms with Crippen molar-refractivity contribution in [2.45, 2.75) is 25.5 Å². The fourth-order valence-electron chi connectivity index (χ4n) is 1.52. The highest BCUT2D eigenvalue weighted by molar-refractivity contribution is 5.11. The summed E-state index contributed by atoms with van der Waals surface area (Å²) in [5.41, 5.74) is 0. The van der Waals surface area contributed by atoms with Gasteiger partial charge in [0.1, 0.15) is 6.23 Å². The summed E-state index contributed by atoms with van der Waals surface area (Å²) in [4.78, 5) is 0. The van der Waals surface area contributed by atoms with E-state index in [2.05, 4.69) is 5.10 Å². The lowest BCUT2D eigenvalue weighted by molar-refractivity contribution is -0.0395. The molecule has 4 nitrogen and oxygen atoms in total. The third-order valence-electron chi connectivity index (χ3n) is 2.26. The molecule has 1 fully saturated rings. The van der Waals surface area contributed by atoms with Gasteiger partial charge in [0, 0.05) is 6.61 Å². The molecule has 0 aromatic carbocycles. The summed E-state index contributed by atoms with van der Waals surface area (Å²) < 4.78 is 12.4. The van der Waals surface area contributed by atoms with Crippen LogP contribution in [-0.4, -0.2) is 23.5 Å². The minimum atomic E-state index is 0.109. The molecule has 1 unspecified atom stereocenters. The monoisotopic (exact) mass is 182 g/mol. The Labute approximate surface area is 77.4 Å². The van der Waals surface area contributed by atoms with Gasteiger partial charge in [0.15, 0.2) is 5.75 Å². The van der Waals surface area contributed by atoms with E-state index in [1.165, 1.54) is 6.42 Å². The normalized spacial score (nSPS) is 23.0. The van der Waals surface area contributed by atoms with E-state index in [0.29, 0.717) is 0 Å². The van der Waals surface area contributed by atoms with Crippen LogP contribution in [0.2, 0.25) is 0 Å². The summed E-state index contributed by atoms with van der Waals surface area (Å²) in [5.74, 6) is 0.786. The molecule has 2 heterocycles. The molecule has 0 saturated carbocycles. The SMILES string of the molecule is COc1cnn(C2CCCCO2)c1. The van der Waals surface area contributed by atoms with Gasteiger partial charge in [0.05, 0.1) is 19.5 Å². The largest absolute Gasteiger partial charge is 0.493 e. The van der Waals surface area contributed by atoms with Crippen LogP contribution in [0.15, 0.2) is 12.4 Å². The Hall–Kier alpha value is -1.03. The Morgan fingerprint density at radius 3 is 3.15 bits per heavy atom. The molecule has 1 aromatic heterocycles. The Morgan fingerprint density at radius 2 is 2.54 bits per heavy atom. The summed E-state index contributed by atoms with van der Waals surface area (Å²) >= 11 is 0. The first-order chi connectivity index (χ1) is 6.40. The number of nitrogens with zero attached hydrogens (tertiary/aromatic N) is 2. The molecule has 72 valence electrons. The molecule has 0 radical (unpaired) electrons. The Morgan fingerprint density at radius 1 is 1.62 bits per heavy atom. The Kier molecular flexibility index (Phi) is 2.49. The van der Waals surface area contributed by atoms with Gasteiger partial charge >= 0.3 is 0 Å². The molecule has 0 spiro atoms. The summed E-state index contributed by atoms with van der Waals surface area (Å²) in [5, 5.41) is 4.18. The van der Waals surface area contributed by atoms with Gasteiger partial charge in [-0.3, -0.25) is 0 Å². The van der Waals surface area contributed by atoms with Gasteiger partial charge in [-0.05, 0) is 19.3 Å². The number of aromatic nitrogens is 2. The number of hydrogen-bond acceptors (Lipinski definition) is 3. The van der Waals surface area contributed by atoms with Gasteiger partial charge < -0.3 is 9.47 Å². The summed E-state index contributed by atoms with van der Waals surface area (Å²) in [6, 6.07) is 0. The van der Waals surface area contributed by atoms with Gasteiger partial charge in [0.2, 0.25) is 0 Å². The predicted octanol–water partition coefficient (Wildman–Crippen LogP) is 1.59. The fraction of sp³-hybridized carbons (Fsp3) is 0.667. The molecule has 13 heavy (non-hydrogen) atoms. The fourth-order valence-corrected chi connectivity index (χ4v) is 1.52. The van der Waals surface area contributed by atoms with Crippen LogP contribution in [0, 0.1) is 0 Å². The molecule has 1 aliphatic rings. The van der Waals surface area contributed by atoms with Gasteiger partial charge in [0.25, 0.3) is 0 Å². The van der Waals surface area contributed by atoms with Crippen LogP contribution in [0.25, 0.3) is 0 Å². The number of hydrogen-bond donors (Lipinski definition) is 0. The quantitative estimate of drug-likeness (QED) is 0.696. The molecular weight excluding hydrogens is 168 g/mol. The third kappa shape index (κ3) is 1.83. The van der Waals surface area contributed by atoms with Crippen LogP contribution in [-0.2, 0) is 4.74 Å². The Bertz CT molecular complexity index is 266. The van der Waals surface area contributed by atoms with Gasteiger partial charge in [-0.1, -0.05) is 0 Å². The highest BCUT2D eigenvalue weighted by atomic mass is 16.5. The highest BCUT2D eigenvalue weighted by Gasteiger charge is 2.16. The van der Waals surface area contributed by atoms with E-state index in [4.69, 9.17) is 9.47 Å². The zero-order valence-electron chi connectivity index (χ0n) is 7.77. The van der Waals surface area contributed by atoms with Crippen molar-refractivity contribution in [1.29, 1.82) is 0 Å². The second-order valence-corrected chi connectivity index (χ2v) is 3.18. The lowest BCUT2D eigenvalue weighted by Crippen LogP contribution is -2.18. The first-order valence-corrected chi connectivity index (χ1v) is 4.60. The first-order valence-electron chi connectivity index (χ1n) is 4.60. The molecule has 0 bridgehead atoms. The van der Waals surface area contributed by atoms with Crippen molar-refractivity contribution in [3.05, 3.63) is 12.4 Å². The van der Waals surface area contributed by atoms with E-state index in [1.54, 1.807) is 13.3 Å². The van der Waals surface area contributed by atoms with Crippen LogP contribution < -0.4 is 4.74 Å². The van der Waals surface area contributed by atoms with Crippen LogP contribution >= 0.6 is 0 Å². The molecular formula is C9H14N2O2. The van der Waals surface area contributed by atoms with Crippen molar-refractivity contribution in [3.63, 3.8) is 0 Å². The van der Waals surface area contributed by atoms with Gasteiger partial charge in [-0.15, -0.1) is 0 Å². The lowest BCUT2D eigenvalue weighted by Gasteiger charge is -2.22. The van der Waals surface area contributed by atoms with Crippen molar-refractivity contribution >= 4 is 0 Å². The maximum absolute atomic E-state index is 5.57. The second kappa shape index (κ2) is 3.79. The predicted molar refractivity (Wildman–Crippen MR) is 47.6 cm³/mol. The van der Waals surface area contributed by atoms with Gasteiger partial charge in [-0.25, -0.2) is 4.68 Å².